The van der Waals surface area contributed by atoms with Crippen molar-refractivity contribution in [3.8, 4) is 5.75 Å². The van der Waals surface area contributed by atoms with E-state index in [2.05, 4.69) is 57.5 Å². The molecule has 86 heavy (non-hydrogen) atoms. The van der Waals surface area contributed by atoms with Crippen molar-refractivity contribution in [2.45, 2.75) is 159 Å². The molecule has 0 aliphatic rings. The van der Waals surface area contributed by atoms with Gasteiger partial charge >= 0.3 is 17.9 Å². The Kier molecular flexibility index (Phi) is 30.2. The Labute approximate surface area is 497 Å². The molecule has 1 heterocycles. The first-order valence-electron chi connectivity index (χ1n) is 28.1. The van der Waals surface area contributed by atoms with Crippen molar-refractivity contribution < 1.29 is 73.2 Å². The number of nitrogens with zero attached hydrogens (tertiary/aromatic N) is 2. The van der Waals surface area contributed by atoms with Crippen molar-refractivity contribution in [3.63, 3.8) is 0 Å². The summed E-state index contributed by atoms with van der Waals surface area (Å²) in [5.41, 5.74) is 24.4. The Hall–Kier alpha value is -9.19. The molecule has 1 aromatic heterocycles. The molecular formula is C56H83N15O15. The second-order valence-corrected chi connectivity index (χ2v) is 21.3. The molecule has 30 heteroatoms. The van der Waals surface area contributed by atoms with E-state index in [-0.39, 0.29) is 75.7 Å². The van der Waals surface area contributed by atoms with Crippen molar-refractivity contribution in [2.75, 3.05) is 13.1 Å². The van der Waals surface area contributed by atoms with Gasteiger partial charge in [0.15, 0.2) is 5.96 Å². The van der Waals surface area contributed by atoms with Crippen LogP contribution in [0.4, 0.5) is 0 Å². The number of rotatable bonds is 39. The molecule has 9 atom stereocenters. The largest absolute Gasteiger partial charge is 0.508 e. The molecule has 2 aromatic carbocycles. The average Bonchev–Trinajstić information content (AvgIpc) is 3.28. The Morgan fingerprint density at radius 3 is 1.52 bits per heavy atom. The summed E-state index contributed by atoms with van der Waals surface area (Å²) in [5.74, 6) is -13.4. The van der Waals surface area contributed by atoms with Crippen molar-refractivity contribution in [1.29, 1.82) is 0 Å². The smallest absolute Gasteiger partial charge is 0.326 e. The van der Waals surface area contributed by atoms with Crippen LogP contribution in [0.15, 0.2) is 72.1 Å². The summed E-state index contributed by atoms with van der Waals surface area (Å²) in [5, 5.41) is 59.4. The molecule has 472 valence electrons. The van der Waals surface area contributed by atoms with Crippen LogP contribution in [0.5, 0.6) is 5.75 Å². The number of nitrogens with one attached hydrogen (secondary N) is 9. The highest BCUT2D eigenvalue weighted by molar-refractivity contribution is 5.99. The molecule has 0 saturated carbocycles. The molecule has 0 fully saturated rings. The quantitative estimate of drug-likeness (QED) is 0.0162. The van der Waals surface area contributed by atoms with Crippen LogP contribution in [0.3, 0.4) is 0 Å². The number of aromatic amines is 1. The fraction of sp³-hybridized carbons (Fsp3) is 0.518. The van der Waals surface area contributed by atoms with E-state index in [1.54, 1.807) is 44.2 Å². The second kappa shape index (κ2) is 36.5. The summed E-state index contributed by atoms with van der Waals surface area (Å²) in [6.45, 7) is 6.66. The van der Waals surface area contributed by atoms with E-state index in [4.69, 9.17) is 22.9 Å². The third-order valence-corrected chi connectivity index (χ3v) is 13.3. The minimum Gasteiger partial charge on any atom is -0.508 e. The van der Waals surface area contributed by atoms with E-state index in [0.29, 0.717) is 29.7 Å². The van der Waals surface area contributed by atoms with Crippen LogP contribution in [0.1, 0.15) is 102 Å². The molecule has 0 spiro atoms. The lowest BCUT2D eigenvalue weighted by Gasteiger charge is -2.29. The average molecular weight is 1210 g/mol. The zero-order chi connectivity index (χ0) is 64.0. The molecule has 30 nitrogen and oxygen atoms in total. The number of imidazole rings is 1. The molecule has 3 rings (SSSR count). The number of hydrogen-bond acceptors (Lipinski definition) is 16. The molecule has 0 bridgehead atoms. The minimum atomic E-state index is -1.84. The lowest BCUT2D eigenvalue weighted by atomic mass is 10.00. The predicted octanol–water partition coefficient (Wildman–Crippen LogP) is -2.34. The number of carbonyl (C=O) groups excluding carboxylic acids is 8. The third kappa shape index (κ3) is 26.2. The number of benzene rings is 2. The fourth-order valence-corrected chi connectivity index (χ4v) is 8.70. The van der Waals surface area contributed by atoms with Gasteiger partial charge in [-0.3, -0.25) is 52.9 Å². The number of phenolic OH excluding ortho intramolecular Hbond substituents is 1. The first-order valence-corrected chi connectivity index (χ1v) is 28.1. The number of aromatic hydroxyl groups is 1. The summed E-state index contributed by atoms with van der Waals surface area (Å²) in [6.07, 6.45) is 0.906. The number of unbranched alkanes of at least 4 members (excludes halogenated alkanes) is 1. The molecular weight excluding hydrogens is 1120 g/mol. The van der Waals surface area contributed by atoms with E-state index in [0.717, 1.165) is 0 Å². The zero-order valence-corrected chi connectivity index (χ0v) is 48.6. The van der Waals surface area contributed by atoms with E-state index in [1.807, 2.05) is 0 Å². The Bertz CT molecular complexity index is 2760. The maximum atomic E-state index is 14.7. The van der Waals surface area contributed by atoms with Gasteiger partial charge in [0.25, 0.3) is 0 Å². The maximum absolute atomic E-state index is 14.7. The van der Waals surface area contributed by atoms with Gasteiger partial charge in [0.1, 0.15) is 54.1 Å². The number of aliphatic carboxylic acids is 3. The molecule has 8 amide bonds. The van der Waals surface area contributed by atoms with Crippen molar-refractivity contribution >= 4 is 71.1 Å². The Balaban J connectivity index is 2.02. The monoisotopic (exact) mass is 1210 g/mol. The van der Waals surface area contributed by atoms with Gasteiger partial charge < -0.3 is 90.9 Å². The summed E-state index contributed by atoms with van der Waals surface area (Å²) in [4.78, 5) is 160. The molecule has 0 unspecified atom stereocenters. The standard InChI is InChI=1S/C56H83N15O15/c1-30(2)23-40(67-50(80)39(19-20-44(73)74)66-48(78)37(13-8-9-21-57)64-47(77)36(58)26-34-28-61-29-63-34)51(81)65-38(14-10-22-62-56(59)60)49(79)68-42(25-33-15-17-35(72)18-16-33)52(82)69-41(24-32-11-6-5-7-12-32)53(83)70-43(27-45(75)76)54(84)71-46(31(3)4)55(85)86/h5-7,11-12,15-18,28-31,36-43,46,72H,8-10,13-14,19-27,57-58H2,1-4H3,(H,61,63)(H,64,77)(H,65,81)(H,66,78)(H,67,80)(H,68,79)(H,69,82)(H,70,83)(H,71,84)(H,73,74)(H,75,76)(H,85,86)(H4,59,60,62)/t36-,37-,38-,39-,40-,41-,42-,43-,46-/m0/s1. The highest BCUT2D eigenvalue weighted by Crippen LogP contribution is 2.15. The number of hydrogen-bond donors (Lipinski definition) is 17. The topological polar surface area (TPSA) is 510 Å². The van der Waals surface area contributed by atoms with E-state index >= 15 is 0 Å². The van der Waals surface area contributed by atoms with Crippen molar-refractivity contribution in [1.82, 2.24) is 52.5 Å². The number of guanidine groups is 1. The number of aromatic nitrogens is 2. The molecule has 0 saturated heterocycles. The fourth-order valence-electron chi connectivity index (χ4n) is 8.70. The number of H-pyrrole nitrogens is 1. The number of nitrogens with two attached hydrogens (primary N) is 4. The number of amides is 8. The molecule has 3 aromatic rings. The van der Waals surface area contributed by atoms with Crippen LogP contribution in [0, 0.1) is 11.8 Å². The van der Waals surface area contributed by atoms with Gasteiger partial charge in [0, 0.05) is 44.1 Å². The van der Waals surface area contributed by atoms with Crippen LogP contribution in [0.2, 0.25) is 0 Å². The van der Waals surface area contributed by atoms with Crippen LogP contribution < -0.4 is 65.5 Å². The van der Waals surface area contributed by atoms with Gasteiger partial charge in [-0.25, -0.2) is 9.78 Å². The SMILES string of the molecule is CC(C)C[C@H](NC(=O)[C@H](CCC(=O)O)NC(=O)[C@H](CCCCN)NC(=O)[C@@H](N)Cc1cnc[nH]1)C(=O)N[C@@H](CCCN=C(N)N)C(=O)N[C@@H](Cc1ccc(O)cc1)C(=O)N[C@@H](Cc1ccccc1)C(=O)N[C@@H](CC(=O)O)C(=O)N[C@H](C(=O)O)C(C)C. The van der Waals surface area contributed by atoms with Gasteiger partial charge in [-0.1, -0.05) is 70.2 Å². The highest BCUT2D eigenvalue weighted by atomic mass is 16.4. The number of carboxylic acid groups (broad SMARTS) is 3. The molecule has 21 N–H and O–H groups in total. The Morgan fingerprint density at radius 1 is 0.558 bits per heavy atom. The molecule has 0 aliphatic heterocycles. The van der Waals surface area contributed by atoms with Crippen LogP contribution in [-0.4, -0.2) is 169 Å². The van der Waals surface area contributed by atoms with Gasteiger partial charge in [0.05, 0.1) is 18.8 Å². The van der Waals surface area contributed by atoms with Gasteiger partial charge in [-0.2, -0.15) is 0 Å². The summed E-state index contributed by atoms with van der Waals surface area (Å²) >= 11 is 0. The Morgan fingerprint density at radius 2 is 1.03 bits per heavy atom. The number of carbonyl (C=O) groups is 11. The number of carboxylic acids is 3. The van der Waals surface area contributed by atoms with Gasteiger partial charge in [-0.05, 0) is 86.6 Å². The maximum Gasteiger partial charge on any atom is 0.326 e. The minimum absolute atomic E-state index is 0.0403. The highest BCUT2D eigenvalue weighted by Gasteiger charge is 2.36. The summed E-state index contributed by atoms with van der Waals surface area (Å²) in [7, 11) is 0. The summed E-state index contributed by atoms with van der Waals surface area (Å²) < 4.78 is 0. The first-order chi connectivity index (χ1) is 40.7. The lowest BCUT2D eigenvalue weighted by Crippen LogP contribution is -2.61. The molecule has 0 radical (unpaired) electrons. The van der Waals surface area contributed by atoms with Crippen molar-refractivity contribution in [2.24, 2.45) is 39.8 Å². The van der Waals surface area contributed by atoms with Crippen LogP contribution in [0.25, 0.3) is 0 Å². The third-order valence-electron chi connectivity index (χ3n) is 13.3. The van der Waals surface area contributed by atoms with Gasteiger partial charge in [0.2, 0.25) is 47.3 Å². The number of aliphatic imine (C=N–C) groups is 1. The van der Waals surface area contributed by atoms with E-state index < -0.39 is 145 Å². The second-order valence-electron chi connectivity index (χ2n) is 21.3. The predicted molar refractivity (Wildman–Crippen MR) is 312 cm³/mol. The molecule has 0 aliphatic carbocycles. The van der Waals surface area contributed by atoms with E-state index in [1.165, 1.54) is 50.6 Å². The van der Waals surface area contributed by atoms with E-state index in [9.17, 15) is 73.2 Å². The zero-order valence-electron chi connectivity index (χ0n) is 48.6. The van der Waals surface area contributed by atoms with Gasteiger partial charge in [-0.15, -0.1) is 0 Å². The van der Waals surface area contributed by atoms with Crippen molar-refractivity contribution in [3.05, 3.63) is 83.9 Å². The van der Waals surface area contributed by atoms with Crippen LogP contribution in [-0.2, 0) is 72.0 Å². The lowest BCUT2D eigenvalue weighted by molar-refractivity contribution is -0.144. The van der Waals surface area contributed by atoms with Crippen LogP contribution >= 0.6 is 0 Å². The normalized spacial score (nSPS) is 14.2. The number of phenols is 1. The first kappa shape index (κ1) is 71.1. The summed E-state index contributed by atoms with van der Waals surface area (Å²) in [6, 6.07) is 0.263.